The smallest absolute Gasteiger partial charge is 0.0311 e. The summed E-state index contributed by atoms with van der Waals surface area (Å²) in [5.74, 6) is 0. The highest BCUT2D eigenvalue weighted by atomic mass is 32.3. The van der Waals surface area contributed by atoms with Gasteiger partial charge < -0.3 is 43.6 Å². The maximum absolute atomic E-state index is 9.30. The molecule has 0 unspecified atom stereocenters. The van der Waals surface area contributed by atoms with Gasteiger partial charge in [0.05, 0.1) is 0 Å². The van der Waals surface area contributed by atoms with E-state index in [1.54, 1.807) is 0 Å². The van der Waals surface area contributed by atoms with Crippen LogP contribution in [-0.4, -0.2) is 35.1 Å². The molecule has 0 rings (SSSR count). The highest BCUT2D eigenvalue weighted by Gasteiger charge is 1.49. The maximum Gasteiger partial charge on any atom is 0.0311 e. The summed E-state index contributed by atoms with van der Waals surface area (Å²) in [7, 11) is -5.17. The lowest BCUT2D eigenvalue weighted by atomic mass is 10.5. The van der Waals surface area contributed by atoms with Crippen LogP contribution in [-0.2, 0) is 10.4 Å². The molecule has 0 aromatic heterocycles. The summed E-state index contributed by atoms with van der Waals surface area (Å²) in [6.45, 7) is 1.94. The lowest BCUT2D eigenvalue weighted by Gasteiger charge is -2.06. The topological polar surface area (TPSA) is 276 Å². The van der Waals surface area contributed by atoms with E-state index in [0.717, 1.165) is 6.42 Å². The molecule has 0 aliphatic carbocycles. The fraction of sp³-hybridized carbons (Fsp3) is 1.00. The minimum absolute atomic E-state index is 0. The van der Waals surface area contributed by atoms with E-state index in [1.807, 2.05) is 6.92 Å². The Morgan fingerprint density at radius 1 is 1.00 bits per heavy atom. The Hall–Kier alpha value is -0.370. The Morgan fingerprint density at radius 2 is 1.07 bits per heavy atom. The van der Waals surface area contributed by atoms with Crippen molar-refractivity contribution in [2.24, 2.45) is 0 Å². The van der Waals surface area contributed by atoms with Crippen molar-refractivity contribution in [2.45, 2.75) is 13.3 Å². The van der Waals surface area contributed by atoms with Crippen molar-refractivity contribution >= 4 is 10.4 Å². The standard InChI is InChI=1S/C3H7O.3H3N.H2O4S.2H2O/c1-2-3-4;;;;1-5(2,3)4;;/h2-3H2,1H3;3*1H3;(H2,1,2,3,4);2*1H2/q-1;;;;;;/p+1. The Morgan fingerprint density at radius 3 is 1.07 bits per heavy atom. The van der Waals surface area contributed by atoms with Gasteiger partial charge in [0.2, 0.25) is 0 Å². The van der Waals surface area contributed by atoms with Crippen LogP contribution < -0.4 is 23.6 Å². The van der Waals surface area contributed by atoms with Crippen molar-refractivity contribution in [3.63, 3.8) is 0 Å². The molecule has 0 heterocycles. The predicted molar refractivity (Wildman–Crippen MR) is 50.8 cm³/mol. The summed E-state index contributed by atoms with van der Waals surface area (Å²) in [6, 6.07) is 0. The third kappa shape index (κ3) is 3310. The van der Waals surface area contributed by atoms with Gasteiger partial charge in [-0.25, -0.2) is 0 Å². The summed E-state index contributed by atoms with van der Waals surface area (Å²) in [4.78, 5) is 0. The van der Waals surface area contributed by atoms with Gasteiger partial charge in [0.1, 0.15) is 0 Å². The van der Waals surface area contributed by atoms with Gasteiger partial charge in [0.25, 0.3) is 0 Å². The molecule has 98 valence electrons. The normalized spacial score (nSPS) is 6.29. The van der Waals surface area contributed by atoms with Gasteiger partial charge in [-0.05, 0) is 0 Å². The molecule has 0 amide bonds. The van der Waals surface area contributed by atoms with Crippen molar-refractivity contribution in [3.8, 4) is 0 Å². The molecule has 0 fully saturated rings. The maximum atomic E-state index is 9.30. The Kier molecular flexibility index (Phi) is 104. The van der Waals surface area contributed by atoms with E-state index < -0.39 is 10.4 Å². The van der Waals surface area contributed by atoms with E-state index in [4.69, 9.17) is 17.5 Å². The summed E-state index contributed by atoms with van der Waals surface area (Å²) >= 11 is 0. The molecule has 14 heavy (non-hydrogen) atoms. The van der Waals surface area contributed by atoms with E-state index in [9.17, 15) is 5.11 Å². The molecule has 0 aliphatic heterocycles. The summed E-state index contributed by atoms with van der Waals surface area (Å²) in [6.07, 6.45) is 0.764. The Bertz CT molecular complexity index is 127. The number of rotatable bonds is 1. The fourth-order valence-electron chi connectivity index (χ4n) is 0. The van der Waals surface area contributed by atoms with Crippen molar-refractivity contribution in [1.82, 2.24) is 18.5 Å². The number of quaternary nitrogens is 3. The van der Waals surface area contributed by atoms with Crippen molar-refractivity contribution < 1.29 is 33.6 Å². The fourth-order valence-corrected chi connectivity index (χ4v) is 0. The summed E-state index contributed by atoms with van der Waals surface area (Å²) in [5, 5.41) is 9.30. The molecule has 0 aliphatic rings. The van der Waals surface area contributed by atoms with Crippen LogP contribution in [0.2, 0.25) is 0 Å². The molecular weight excluding hydrogens is 222 g/mol. The van der Waals surface area contributed by atoms with Crippen LogP contribution >= 0.6 is 0 Å². The van der Waals surface area contributed by atoms with Gasteiger partial charge in [-0.1, -0.05) is 13.3 Å². The average Bonchev–Trinajstić information content (AvgIpc) is 1.61. The molecule has 10 nitrogen and oxygen atoms in total. The average molecular weight is 245 g/mol. The predicted octanol–water partition coefficient (Wildman–Crippen LogP) is -2.10. The van der Waals surface area contributed by atoms with E-state index in [1.165, 1.54) is 0 Å². The van der Waals surface area contributed by atoms with Crippen LogP contribution in [0.1, 0.15) is 13.3 Å². The van der Waals surface area contributed by atoms with E-state index in [-0.39, 0.29) is 36.0 Å². The summed E-state index contributed by atoms with van der Waals surface area (Å²) < 4.78 is 34.1. The first-order chi connectivity index (χ1) is 3.91. The monoisotopic (exact) mass is 245 g/mol. The van der Waals surface area contributed by atoms with Crippen LogP contribution in [0, 0.1) is 0 Å². The first kappa shape index (κ1) is 49.5. The van der Waals surface area contributed by atoms with Crippen LogP contribution in [0.25, 0.3) is 0 Å². The lowest BCUT2D eigenvalue weighted by molar-refractivity contribution is -0.367. The van der Waals surface area contributed by atoms with Crippen molar-refractivity contribution in [2.75, 3.05) is 6.61 Å². The Balaban J connectivity index is -0.0000000104. The minimum atomic E-state index is -5.17. The largest absolute Gasteiger partial charge is 0.854 e. The molecule has 0 aromatic rings. The number of hydrogen-bond donors (Lipinski definition) is 3. The molecule has 0 atom stereocenters. The number of hydrogen-bond acceptors (Lipinski definition) is 5. The van der Waals surface area contributed by atoms with E-state index in [2.05, 4.69) is 0 Å². The molecule has 0 aromatic carbocycles. The minimum Gasteiger partial charge on any atom is -0.854 e. The molecule has 0 saturated heterocycles. The SMILES string of the molecule is CCC[O-].O.O.O=S(=O)([O-])[O-].[NH4+].[NH4+].[NH4+]. The zero-order valence-corrected chi connectivity index (χ0v) is 9.68. The third-order valence-corrected chi connectivity index (χ3v) is 0.204. The zero-order valence-electron chi connectivity index (χ0n) is 8.86. The molecule has 0 bridgehead atoms. The first-order valence-electron chi connectivity index (χ1n) is 2.16. The van der Waals surface area contributed by atoms with E-state index in [0.29, 0.717) is 0 Å². The van der Waals surface area contributed by atoms with Crippen molar-refractivity contribution in [3.05, 3.63) is 0 Å². The molecular formula is C3H23N3O7S. The highest BCUT2D eigenvalue weighted by molar-refractivity contribution is 7.79. The quantitative estimate of drug-likeness (QED) is 0.344. The van der Waals surface area contributed by atoms with Crippen LogP contribution in [0.5, 0.6) is 0 Å². The Labute approximate surface area is 83.3 Å². The molecule has 0 spiro atoms. The first-order valence-corrected chi connectivity index (χ1v) is 3.50. The second kappa shape index (κ2) is 29.3. The van der Waals surface area contributed by atoms with Gasteiger partial charge in [0, 0.05) is 10.4 Å². The van der Waals surface area contributed by atoms with E-state index >= 15 is 0 Å². The van der Waals surface area contributed by atoms with Gasteiger partial charge in [-0.3, -0.25) is 8.42 Å². The molecule has 11 heteroatoms. The second-order valence-electron chi connectivity index (χ2n) is 1.11. The second-order valence-corrected chi connectivity index (χ2v) is 1.93. The lowest BCUT2D eigenvalue weighted by Crippen LogP contribution is -2.01. The van der Waals surface area contributed by atoms with Gasteiger partial charge in [0.15, 0.2) is 0 Å². The zero-order chi connectivity index (χ0) is 7.91. The van der Waals surface area contributed by atoms with Gasteiger partial charge in [-0.15, -0.1) is 6.61 Å². The van der Waals surface area contributed by atoms with Gasteiger partial charge in [-0.2, -0.15) is 0 Å². The third-order valence-electron chi connectivity index (χ3n) is 0.204. The summed E-state index contributed by atoms with van der Waals surface area (Å²) in [5.41, 5.74) is 0. The highest BCUT2D eigenvalue weighted by Crippen LogP contribution is 1.57. The van der Waals surface area contributed by atoms with Crippen molar-refractivity contribution in [1.29, 1.82) is 0 Å². The molecule has 0 saturated carbocycles. The van der Waals surface area contributed by atoms with Gasteiger partial charge >= 0.3 is 0 Å². The molecule has 16 N–H and O–H groups in total. The molecule has 0 radical (unpaired) electrons. The van der Waals surface area contributed by atoms with Crippen LogP contribution in [0.3, 0.4) is 0 Å². The van der Waals surface area contributed by atoms with Crippen LogP contribution in [0.4, 0.5) is 0 Å². The van der Waals surface area contributed by atoms with Crippen LogP contribution in [0.15, 0.2) is 0 Å².